The molecule has 1 aromatic rings. The Balaban J connectivity index is 2.36. The van der Waals surface area contributed by atoms with Crippen molar-refractivity contribution in [3.63, 3.8) is 0 Å². The van der Waals surface area contributed by atoms with Crippen LogP contribution < -0.4 is 4.74 Å². The highest BCUT2D eigenvalue weighted by molar-refractivity contribution is 5.80. The number of aliphatic carboxylic acids is 1. The summed E-state index contributed by atoms with van der Waals surface area (Å²) in [7, 11) is 0. The monoisotopic (exact) mass is 285 g/mol. The predicted octanol–water partition coefficient (Wildman–Crippen LogP) is 2.68. The summed E-state index contributed by atoms with van der Waals surface area (Å²) in [6, 6.07) is 5.93. The molecule has 20 heavy (non-hydrogen) atoms. The molecule has 1 saturated heterocycles. The van der Waals surface area contributed by atoms with E-state index in [0.29, 0.717) is 18.7 Å². The highest BCUT2D eigenvalue weighted by Gasteiger charge is 2.42. The lowest BCUT2D eigenvalue weighted by atomic mass is 9.90. The molecule has 0 saturated carbocycles. The summed E-state index contributed by atoms with van der Waals surface area (Å²) in [4.78, 5) is 13.6. The molecule has 1 aliphatic rings. The van der Waals surface area contributed by atoms with Gasteiger partial charge >= 0.3 is 12.6 Å². The van der Waals surface area contributed by atoms with E-state index in [9.17, 15) is 18.7 Å². The van der Waals surface area contributed by atoms with Crippen LogP contribution in [0.25, 0.3) is 0 Å². The lowest BCUT2D eigenvalue weighted by molar-refractivity contribution is -0.150. The van der Waals surface area contributed by atoms with Gasteiger partial charge in [0.2, 0.25) is 0 Å². The fourth-order valence-electron chi connectivity index (χ4n) is 2.58. The van der Waals surface area contributed by atoms with E-state index in [1.165, 1.54) is 18.2 Å². The van der Waals surface area contributed by atoms with E-state index in [2.05, 4.69) is 4.74 Å². The van der Waals surface area contributed by atoms with Crippen molar-refractivity contribution in [3.8, 4) is 5.75 Å². The number of rotatable bonds is 5. The molecule has 1 unspecified atom stereocenters. The molecule has 0 aliphatic carbocycles. The van der Waals surface area contributed by atoms with Gasteiger partial charge in [0.25, 0.3) is 0 Å². The fraction of sp³-hybridized carbons (Fsp3) is 0.500. The Morgan fingerprint density at radius 2 is 2.05 bits per heavy atom. The molecule has 6 heteroatoms. The van der Waals surface area contributed by atoms with Crippen molar-refractivity contribution in [1.29, 1.82) is 0 Å². The number of nitrogens with zero attached hydrogens (tertiary/aromatic N) is 1. The van der Waals surface area contributed by atoms with E-state index >= 15 is 0 Å². The number of carbonyl (C=O) groups is 1. The molecule has 1 atom stereocenters. The number of hydrogen-bond donors (Lipinski definition) is 1. The van der Waals surface area contributed by atoms with Gasteiger partial charge in [0.15, 0.2) is 0 Å². The number of hydrogen-bond acceptors (Lipinski definition) is 3. The number of halogens is 2. The maximum absolute atomic E-state index is 12.3. The number of carboxylic acids is 1. The minimum absolute atomic E-state index is 0.0239. The van der Waals surface area contributed by atoms with Gasteiger partial charge in [0.05, 0.1) is 0 Å². The van der Waals surface area contributed by atoms with Gasteiger partial charge in [0, 0.05) is 0 Å². The normalized spacial score (nSPS) is 19.0. The third-order valence-corrected chi connectivity index (χ3v) is 3.78. The third-order valence-electron chi connectivity index (χ3n) is 3.78. The SMILES string of the molecule is CC(C(=O)O)(c1cccc(OC(F)F)c1)N1CCCC1. The van der Waals surface area contributed by atoms with E-state index in [1.54, 1.807) is 13.0 Å². The molecule has 0 aromatic heterocycles. The molecule has 4 nitrogen and oxygen atoms in total. The van der Waals surface area contributed by atoms with Crippen molar-refractivity contribution in [3.05, 3.63) is 29.8 Å². The molecule has 2 rings (SSSR count). The van der Waals surface area contributed by atoms with E-state index in [-0.39, 0.29) is 5.75 Å². The molecule has 110 valence electrons. The van der Waals surface area contributed by atoms with Gasteiger partial charge in [-0.1, -0.05) is 12.1 Å². The third kappa shape index (κ3) is 2.75. The molecule has 1 fully saturated rings. The van der Waals surface area contributed by atoms with E-state index in [0.717, 1.165) is 12.8 Å². The number of benzene rings is 1. The molecule has 1 N–H and O–H groups in total. The van der Waals surface area contributed by atoms with Gasteiger partial charge in [0.1, 0.15) is 11.3 Å². The van der Waals surface area contributed by atoms with E-state index in [4.69, 9.17) is 0 Å². The topological polar surface area (TPSA) is 49.8 Å². The first-order valence-corrected chi connectivity index (χ1v) is 6.48. The van der Waals surface area contributed by atoms with Crippen LogP contribution in [0.2, 0.25) is 0 Å². The maximum Gasteiger partial charge on any atom is 0.387 e. The van der Waals surface area contributed by atoms with Crippen molar-refractivity contribution in [1.82, 2.24) is 4.90 Å². The van der Waals surface area contributed by atoms with Crippen LogP contribution in [0.3, 0.4) is 0 Å². The maximum atomic E-state index is 12.3. The Labute approximate surface area is 116 Å². The van der Waals surface area contributed by atoms with Crippen molar-refractivity contribution in [2.75, 3.05) is 13.1 Å². The number of likely N-dealkylation sites (tertiary alicyclic amines) is 1. The molecule has 0 bridgehead atoms. The zero-order valence-electron chi connectivity index (χ0n) is 11.2. The molecule has 1 heterocycles. The smallest absolute Gasteiger partial charge is 0.387 e. The highest BCUT2D eigenvalue weighted by Crippen LogP contribution is 2.33. The van der Waals surface area contributed by atoms with Crippen LogP contribution in [0.5, 0.6) is 5.75 Å². The van der Waals surface area contributed by atoms with Crippen molar-refractivity contribution in [2.24, 2.45) is 0 Å². The first-order valence-electron chi connectivity index (χ1n) is 6.48. The van der Waals surface area contributed by atoms with Crippen molar-refractivity contribution in [2.45, 2.75) is 31.9 Å². The van der Waals surface area contributed by atoms with Crippen LogP contribution >= 0.6 is 0 Å². The van der Waals surface area contributed by atoms with Gasteiger partial charge in [-0.25, -0.2) is 4.79 Å². The van der Waals surface area contributed by atoms with Crippen LogP contribution in [0.4, 0.5) is 8.78 Å². The molecule has 0 spiro atoms. The summed E-state index contributed by atoms with van der Waals surface area (Å²) in [5, 5.41) is 9.59. The Morgan fingerprint density at radius 3 is 2.60 bits per heavy atom. The number of ether oxygens (including phenoxy) is 1. The van der Waals surface area contributed by atoms with Gasteiger partial charge in [-0.2, -0.15) is 8.78 Å². The summed E-state index contributed by atoms with van der Waals surface area (Å²) < 4.78 is 28.9. The average molecular weight is 285 g/mol. The number of alkyl halides is 2. The minimum Gasteiger partial charge on any atom is -0.480 e. The summed E-state index contributed by atoms with van der Waals surface area (Å²) in [5.41, 5.74) is -0.775. The molecular formula is C14H17F2NO3. The lowest BCUT2D eigenvalue weighted by Gasteiger charge is -2.35. The van der Waals surface area contributed by atoms with Crippen molar-refractivity contribution >= 4 is 5.97 Å². The fourth-order valence-corrected chi connectivity index (χ4v) is 2.58. The Hall–Kier alpha value is -1.69. The van der Waals surface area contributed by atoms with E-state index in [1.807, 2.05) is 4.90 Å². The second-order valence-electron chi connectivity index (χ2n) is 4.98. The first kappa shape index (κ1) is 14.7. The average Bonchev–Trinajstić information content (AvgIpc) is 2.91. The largest absolute Gasteiger partial charge is 0.480 e. The van der Waals surface area contributed by atoms with Gasteiger partial charge in [-0.3, -0.25) is 4.90 Å². The lowest BCUT2D eigenvalue weighted by Crippen LogP contribution is -2.48. The van der Waals surface area contributed by atoms with Gasteiger partial charge in [-0.05, 0) is 50.6 Å². The van der Waals surface area contributed by atoms with Crippen LogP contribution in [0.1, 0.15) is 25.3 Å². The summed E-state index contributed by atoms with van der Waals surface area (Å²) in [6.45, 7) is 0.0428. The second kappa shape index (κ2) is 5.75. The molecule has 1 aliphatic heterocycles. The molecule has 0 radical (unpaired) electrons. The quantitative estimate of drug-likeness (QED) is 0.903. The van der Waals surface area contributed by atoms with Crippen LogP contribution in [-0.4, -0.2) is 35.7 Å². The zero-order chi connectivity index (χ0) is 14.8. The standard InChI is InChI=1S/C14H17F2NO3/c1-14(12(18)19,17-7-2-3-8-17)10-5-4-6-11(9-10)20-13(15)16/h4-6,9,13H,2-3,7-8H2,1H3,(H,18,19). The van der Waals surface area contributed by atoms with Crippen LogP contribution in [-0.2, 0) is 10.3 Å². The van der Waals surface area contributed by atoms with Crippen LogP contribution in [0, 0.1) is 0 Å². The van der Waals surface area contributed by atoms with Crippen LogP contribution in [0.15, 0.2) is 24.3 Å². The van der Waals surface area contributed by atoms with E-state index < -0.39 is 18.1 Å². The first-order chi connectivity index (χ1) is 9.44. The second-order valence-corrected chi connectivity index (χ2v) is 4.98. The zero-order valence-corrected chi connectivity index (χ0v) is 11.2. The summed E-state index contributed by atoms with van der Waals surface area (Å²) >= 11 is 0. The Bertz CT molecular complexity index is 489. The van der Waals surface area contributed by atoms with Gasteiger partial charge < -0.3 is 9.84 Å². The predicted molar refractivity (Wildman–Crippen MR) is 68.9 cm³/mol. The summed E-state index contributed by atoms with van der Waals surface area (Å²) in [6.07, 6.45) is 1.88. The van der Waals surface area contributed by atoms with Crippen molar-refractivity contribution < 1.29 is 23.4 Å². The minimum atomic E-state index is -2.92. The summed E-state index contributed by atoms with van der Waals surface area (Å²) in [5.74, 6) is -1.02. The molecule has 1 aromatic carbocycles. The number of carboxylic acid groups (broad SMARTS) is 1. The molecular weight excluding hydrogens is 268 g/mol. The molecule has 0 amide bonds. The Kier molecular flexibility index (Phi) is 4.23. The highest BCUT2D eigenvalue weighted by atomic mass is 19.3. The Morgan fingerprint density at radius 1 is 1.40 bits per heavy atom. The van der Waals surface area contributed by atoms with Gasteiger partial charge in [-0.15, -0.1) is 0 Å².